The van der Waals surface area contributed by atoms with Crippen LogP contribution in [0.1, 0.15) is 64.1 Å². The quantitative estimate of drug-likeness (QED) is 0.640. The summed E-state index contributed by atoms with van der Waals surface area (Å²) >= 11 is 0. The van der Waals surface area contributed by atoms with Gasteiger partial charge in [-0.2, -0.15) is 5.26 Å². The maximum absolute atomic E-state index is 12.6. The molecule has 0 aromatic carbocycles. The molecule has 0 radical (unpaired) electrons. The maximum atomic E-state index is 12.6. The fraction of sp³-hybridized carbons (Fsp3) is 0.435. The molecule has 7 nitrogen and oxygen atoms in total. The molecule has 0 saturated heterocycles. The van der Waals surface area contributed by atoms with Crippen molar-refractivity contribution in [2.45, 2.75) is 69.9 Å². The van der Waals surface area contributed by atoms with Crippen molar-refractivity contribution in [2.75, 3.05) is 0 Å². The number of rotatable bonds is 5. The molecule has 3 heterocycles. The highest BCUT2D eigenvalue weighted by Crippen LogP contribution is 2.41. The molecular weight excluding hydrogens is 410 g/mol. The zero-order chi connectivity index (χ0) is 22.4. The number of hydrogen-bond donors (Lipinski definition) is 1. The SMILES string of the molecule is CCc1cnc2c(c1)c(C#N)c(-c1ccc(S(=O)(=O)NC(C)(C)C)cn1)n2C1CCC1. The van der Waals surface area contributed by atoms with Gasteiger partial charge in [-0.15, -0.1) is 0 Å². The van der Waals surface area contributed by atoms with Crippen LogP contribution in [0.5, 0.6) is 0 Å². The number of pyridine rings is 2. The molecule has 3 aromatic heterocycles. The van der Waals surface area contributed by atoms with Gasteiger partial charge in [0.1, 0.15) is 16.6 Å². The van der Waals surface area contributed by atoms with E-state index in [4.69, 9.17) is 0 Å². The Morgan fingerprint density at radius 1 is 1.23 bits per heavy atom. The second-order valence-corrected chi connectivity index (χ2v) is 10.8. The number of nitriles is 1. The molecule has 1 fully saturated rings. The van der Waals surface area contributed by atoms with E-state index >= 15 is 0 Å². The largest absolute Gasteiger partial charge is 0.320 e. The summed E-state index contributed by atoms with van der Waals surface area (Å²) in [6.45, 7) is 7.44. The highest BCUT2D eigenvalue weighted by Gasteiger charge is 2.29. The summed E-state index contributed by atoms with van der Waals surface area (Å²) in [5, 5.41) is 10.8. The molecule has 0 aliphatic heterocycles. The maximum Gasteiger partial charge on any atom is 0.242 e. The Morgan fingerprint density at radius 2 is 1.97 bits per heavy atom. The molecule has 0 spiro atoms. The summed E-state index contributed by atoms with van der Waals surface area (Å²) in [6.07, 6.45) is 7.26. The van der Waals surface area contributed by atoms with Gasteiger partial charge < -0.3 is 4.57 Å². The summed E-state index contributed by atoms with van der Waals surface area (Å²) in [6, 6.07) is 7.89. The molecule has 0 unspecified atom stereocenters. The molecule has 1 N–H and O–H groups in total. The van der Waals surface area contributed by atoms with E-state index in [-0.39, 0.29) is 10.9 Å². The van der Waals surface area contributed by atoms with E-state index in [1.165, 1.54) is 6.20 Å². The predicted molar refractivity (Wildman–Crippen MR) is 120 cm³/mol. The van der Waals surface area contributed by atoms with Gasteiger partial charge in [0.25, 0.3) is 0 Å². The Morgan fingerprint density at radius 3 is 2.48 bits per heavy atom. The molecule has 3 aromatic rings. The molecule has 4 rings (SSSR count). The van der Waals surface area contributed by atoms with Crippen molar-refractivity contribution in [1.29, 1.82) is 5.26 Å². The van der Waals surface area contributed by atoms with Crippen molar-refractivity contribution in [3.63, 3.8) is 0 Å². The topological polar surface area (TPSA) is 101 Å². The molecule has 0 atom stereocenters. The number of aromatic nitrogens is 3. The molecular formula is C23H27N5O2S. The molecule has 1 saturated carbocycles. The predicted octanol–water partition coefficient (Wildman–Crippen LogP) is 4.33. The van der Waals surface area contributed by atoms with E-state index in [0.29, 0.717) is 11.3 Å². The average molecular weight is 438 g/mol. The Kier molecular flexibility index (Phi) is 5.36. The van der Waals surface area contributed by atoms with Crippen LogP contribution in [0.3, 0.4) is 0 Å². The van der Waals surface area contributed by atoms with Crippen molar-refractivity contribution in [2.24, 2.45) is 0 Å². The van der Waals surface area contributed by atoms with Crippen LogP contribution < -0.4 is 4.72 Å². The van der Waals surface area contributed by atoms with Gasteiger partial charge in [0.2, 0.25) is 10.0 Å². The van der Waals surface area contributed by atoms with E-state index in [2.05, 4.69) is 32.3 Å². The third-order valence-electron chi connectivity index (χ3n) is 5.59. The number of sulfonamides is 1. The van der Waals surface area contributed by atoms with Crippen LogP contribution >= 0.6 is 0 Å². The van der Waals surface area contributed by atoms with Gasteiger partial charge in [-0.3, -0.25) is 4.98 Å². The normalized spacial score (nSPS) is 15.1. The lowest BCUT2D eigenvalue weighted by Crippen LogP contribution is -2.40. The van der Waals surface area contributed by atoms with Gasteiger partial charge >= 0.3 is 0 Å². The lowest BCUT2D eigenvalue weighted by molar-refractivity contribution is 0.322. The number of nitrogens with one attached hydrogen (secondary N) is 1. The summed E-state index contributed by atoms with van der Waals surface area (Å²) in [5.41, 5.74) is 3.11. The highest BCUT2D eigenvalue weighted by molar-refractivity contribution is 7.89. The van der Waals surface area contributed by atoms with Crippen LogP contribution in [0.4, 0.5) is 0 Å². The van der Waals surface area contributed by atoms with Crippen molar-refractivity contribution in [1.82, 2.24) is 19.3 Å². The van der Waals surface area contributed by atoms with Crippen LogP contribution in [0.2, 0.25) is 0 Å². The Bertz CT molecular complexity index is 1270. The third kappa shape index (κ3) is 3.95. The first-order valence-corrected chi connectivity index (χ1v) is 12.1. The van der Waals surface area contributed by atoms with Gasteiger partial charge in [0.15, 0.2) is 0 Å². The summed E-state index contributed by atoms with van der Waals surface area (Å²) < 4.78 is 30.1. The van der Waals surface area contributed by atoms with E-state index in [0.717, 1.165) is 48.0 Å². The fourth-order valence-corrected chi connectivity index (χ4v) is 5.29. The summed E-state index contributed by atoms with van der Waals surface area (Å²) in [5.74, 6) is 0. The number of nitrogens with zero attached hydrogens (tertiary/aromatic N) is 4. The van der Waals surface area contributed by atoms with Gasteiger partial charge in [-0.25, -0.2) is 18.1 Å². The number of fused-ring (bicyclic) bond motifs is 1. The Labute approximate surface area is 183 Å². The average Bonchev–Trinajstić information content (AvgIpc) is 2.98. The molecule has 31 heavy (non-hydrogen) atoms. The van der Waals surface area contributed by atoms with Crippen molar-refractivity contribution in [3.05, 3.63) is 41.7 Å². The van der Waals surface area contributed by atoms with E-state index in [1.807, 2.05) is 12.3 Å². The first kappa shape index (κ1) is 21.5. The summed E-state index contributed by atoms with van der Waals surface area (Å²) in [7, 11) is -3.68. The van der Waals surface area contributed by atoms with Gasteiger partial charge in [0, 0.05) is 29.4 Å². The zero-order valence-electron chi connectivity index (χ0n) is 18.3. The summed E-state index contributed by atoms with van der Waals surface area (Å²) in [4.78, 5) is 9.26. The van der Waals surface area contributed by atoms with E-state index < -0.39 is 15.6 Å². The number of hydrogen-bond acceptors (Lipinski definition) is 5. The van der Waals surface area contributed by atoms with Crippen molar-refractivity contribution in [3.8, 4) is 17.5 Å². The van der Waals surface area contributed by atoms with Crippen molar-refractivity contribution >= 4 is 21.1 Å². The van der Waals surface area contributed by atoms with Crippen LogP contribution in [-0.4, -0.2) is 28.5 Å². The van der Waals surface area contributed by atoms with E-state index in [9.17, 15) is 13.7 Å². The lowest BCUT2D eigenvalue weighted by Gasteiger charge is -2.29. The molecule has 162 valence electrons. The van der Waals surface area contributed by atoms with Crippen LogP contribution in [0, 0.1) is 11.3 Å². The molecule has 0 bridgehead atoms. The smallest absolute Gasteiger partial charge is 0.242 e. The second kappa shape index (κ2) is 7.74. The van der Waals surface area contributed by atoms with Gasteiger partial charge in [-0.1, -0.05) is 6.92 Å². The van der Waals surface area contributed by atoms with Crippen LogP contribution in [0.15, 0.2) is 35.5 Å². The first-order valence-electron chi connectivity index (χ1n) is 10.6. The molecule has 1 aliphatic rings. The minimum atomic E-state index is -3.68. The second-order valence-electron chi connectivity index (χ2n) is 9.09. The lowest BCUT2D eigenvalue weighted by atomic mass is 9.92. The Balaban J connectivity index is 1.87. The zero-order valence-corrected chi connectivity index (χ0v) is 19.1. The van der Waals surface area contributed by atoms with Crippen molar-refractivity contribution < 1.29 is 8.42 Å². The molecule has 1 aliphatic carbocycles. The molecule has 8 heteroatoms. The highest BCUT2D eigenvalue weighted by atomic mass is 32.2. The minimum absolute atomic E-state index is 0.0994. The number of aryl methyl sites for hydroxylation is 1. The fourth-order valence-electron chi connectivity index (χ4n) is 3.93. The monoisotopic (exact) mass is 437 g/mol. The van der Waals surface area contributed by atoms with E-state index in [1.54, 1.807) is 32.9 Å². The van der Waals surface area contributed by atoms with Gasteiger partial charge in [-0.05, 0) is 70.2 Å². The van der Waals surface area contributed by atoms with Gasteiger partial charge in [0.05, 0.1) is 17.0 Å². The Hall–Kier alpha value is -2.76. The first-order chi connectivity index (χ1) is 14.6. The molecule has 0 amide bonds. The van der Waals surface area contributed by atoms with Crippen LogP contribution in [-0.2, 0) is 16.4 Å². The minimum Gasteiger partial charge on any atom is -0.320 e. The van der Waals surface area contributed by atoms with Crippen LogP contribution in [0.25, 0.3) is 22.4 Å². The third-order valence-corrected chi connectivity index (χ3v) is 7.33. The standard InChI is InChI=1S/C23H27N5O2S/c1-5-15-11-18-19(12-24)21(28(16-7-6-8-16)22(18)26-13-15)20-10-9-17(14-25-20)31(29,30)27-23(2,3)4/h9-11,13-14,16,27H,5-8H2,1-4H3.